The number of benzene rings is 1. The summed E-state index contributed by atoms with van der Waals surface area (Å²) in [5.74, 6) is 1.96. The van der Waals surface area contributed by atoms with Gasteiger partial charge >= 0.3 is 0 Å². The predicted molar refractivity (Wildman–Crippen MR) is 106 cm³/mol. The van der Waals surface area contributed by atoms with Crippen LogP contribution in [-0.2, 0) is 6.54 Å². The van der Waals surface area contributed by atoms with E-state index in [1.165, 1.54) is 7.11 Å². The molecule has 1 aromatic carbocycles. The predicted octanol–water partition coefficient (Wildman–Crippen LogP) is 3.66. The van der Waals surface area contributed by atoms with Gasteiger partial charge in [-0.15, -0.1) is 24.0 Å². The van der Waals surface area contributed by atoms with Crippen LogP contribution in [0.1, 0.15) is 30.1 Å². The number of halogens is 2. The van der Waals surface area contributed by atoms with E-state index in [1.807, 2.05) is 18.2 Å². The Morgan fingerprint density at radius 3 is 2.76 bits per heavy atom. The highest BCUT2D eigenvalue weighted by molar-refractivity contribution is 14.0. The second-order valence-electron chi connectivity index (χ2n) is 5.91. The third-order valence-electron chi connectivity index (χ3n) is 4.36. The Hall–Kier alpha value is -1.77. The SMILES string of the molecule is CN=C(NCc1ccco1)NC1CC(c2ccc(OC)c(F)c2)C1.I. The van der Waals surface area contributed by atoms with Gasteiger partial charge in [0.15, 0.2) is 17.5 Å². The van der Waals surface area contributed by atoms with Gasteiger partial charge in [-0.2, -0.15) is 0 Å². The first-order valence-corrected chi connectivity index (χ1v) is 8.02. The standard InChI is InChI=1S/C18H22FN3O2.HI/c1-20-18(21-11-15-4-3-7-24-15)22-14-8-13(9-14)12-5-6-17(23-2)16(19)10-12;/h3-7,10,13-14H,8-9,11H2,1-2H3,(H2,20,21,22);1H. The molecule has 1 saturated carbocycles. The van der Waals surface area contributed by atoms with E-state index in [0.29, 0.717) is 18.5 Å². The fourth-order valence-electron chi connectivity index (χ4n) is 2.92. The number of guanidine groups is 1. The van der Waals surface area contributed by atoms with Crippen LogP contribution in [0.25, 0.3) is 0 Å². The fourth-order valence-corrected chi connectivity index (χ4v) is 2.92. The molecular formula is C18H23FIN3O2. The van der Waals surface area contributed by atoms with Crippen molar-refractivity contribution in [2.75, 3.05) is 14.2 Å². The third-order valence-corrected chi connectivity index (χ3v) is 4.36. The number of nitrogens with one attached hydrogen (secondary N) is 2. The lowest BCUT2D eigenvalue weighted by atomic mass is 9.76. The Morgan fingerprint density at radius 2 is 2.16 bits per heavy atom. The average molecular weight is 459 g/mol. The number of nitrogens with zero attached hydrogens (tertiary/aromatic N) is 1. The van der Waals surface area contributed by atoms with Crippen LogP contribution >= 0.6 is 24.0 Å². The first kappa shape index (κ1) is 19.6. The second-order valence-corrected chi connectivity index (χ2v) is 5.91. The maximum absolute atomic E-state index is 13.8. The topological polar surface area (TPSA) is 58.8 Å². The zero-order chi connectivity index (χ0) is 16.9. The van der Waals surface area contributed by atoms with Gasteiger partial charge in [0.2, 0.25) is 0 Å². The number of ether oxygens (including phenoxy) is 1. The highest BCUT2D eigenvalue weighted by Crippen LogP contribution is 2.38. The Kier molecular flexibility index (Phi) is 7.10. The fraction of sp³-hybridized carbons (Fsp3) is 0.389. The summed E-state index contributed by atoms with van der Waals surface area (Å²) in [5, 5.41) is 6.60. The van der Waals surface area contributed by atoms with Gasteiger partial charge in [-0.05, 0) is 48.6 Å². The van der Waals surface area contributed by atoms with Crippen molar-refractivity contribution in [2.24, 2.45) is 4.99 Å². The monoisotopic (exact) mass is 459 g/mol. The van der Waals surface area contributed by atoms with Gasteiger partial charge in [0.1, 0.15) is 5.76 Å². The number of hydrogen-bond donors (Lipinski definition) is 2. The molecule has 0 saturated heterocycles. The Morgan fingerprint density at radius 1 is 1.36 bits per heavy atom. The molecule has 0 spiro atoms. The lowest BCUT2D eigenvalue weighted by molar-refractivity contribution is 0.319. The van der Waals surface area contributed by atoms with E-state index in [4.69, 9.17) is 9.15 Å². The van der Waals surface area contributed by atoms with E-state index in [1.54, 1.807) is 25.4 Å². The van der Waals surface area contributed by atoms with Crippen molar-refractivity contribution in [1.29, 1.82) is 0 Å². The van der Waals surface area contributed by atoms with Crippen molar-refractivity contribution in [3.8, 4) is 5.75 Å². The molecule has 2 N–H and O–H groups in total. The molecule has 0 aliphatic heterocycles. The summed E-state index contributed by atoms with van der Waals surface area (Å²) in [6, 6.07) is 9.31. The van der Waals surface area contributed by atoms with Gasteiger partial charge < -0.3 is 19.8 Å². The quantitative estimate of drug-likeness (QED) is 0.407. The van der Waals surface area contributed by atoms with Crippen LogP contribution in [0.5, 0.6) is 5.75 Å². The highest BCUT2D eigenvalue weighted by atomic mass is 127. The molecule has 0 bridgehead atoms. The van der Waals surface area contributed by atoms with Crippen LogP contribution in [0.15, 0.2) is 46.0 Å². The second kappa shape index (κ2) is 9.07. The Bertz CT molecular complexity index is 700. The third kappa shape index (κ3) is 4.87. The molecule has 5 nitrogen and oxygen atoms in total. The van der Waals surface area contributed by atoms with Gasteiger partial charge in [-0.1, -0.05) is 6.07 Å². The lowest BCUT2D eigenvalue weighted by Gasteiger charge is -2.37. The number of furan rings is 1. The summed E-state index contributed by atoms with van der Waals surface area (Å²) >= 11 is 0. The first-order valence-electron chi connectivity index (χ1n) is 8.02. The van der Waals surface area contributed by atoms with Crippen molar-refractivity contribution < 1.29 is 13.5 Å². The zero-order valence-electron chi connectivity index (χ0n) is 14.3. The highest BCUT2D eigenvalue weighted by Gasteiger charge is 2.31. The van der Waals surface area contributed by atoms with Gasteiger partial charge in [0.05, 0.1) is 19.9 Å². The molecule has 136 valence electrons. The minimum atomic E-state index is -0.303. The van der Waals surface area contributed by atoms with Crippen LogP contribution in [0.3, 0.4) is 0 Å². The summed E-state index contributed by atoms with van der Waals surface area (Å²) in [4.78, 5) is 4.22. The van der Waals surface area contributed by atoms with Gasteiger partial charge in [0.25, 0.3) is 0 Å². The molecule has 1 aliphatic rings. The molecule has 0 unspecified atom stereocenters. The van der Waals surface area contributed by atoms with Crippen molar-refractivity contribution >= 4 is 29.9 Å². The molecule has 0 amide bonds. The minimum absolute atomic E-state index is 0. The lowest BCUT2D eigenvalue weighted by Crippen LogP contribution is -2.48. The molecule has 0 radical (unpaired) electrons. The largest absolute Gasteiger partial charge is 0.494 e. The number of hydrogen-bond acceptors (Lipinski definition) is 3. The molecular weight excluding hydrogens is 436 g/mol. The normalized spacial score (nSPS) is 19.6. The van der Waals surface area contributed by atoms with Gasteiger partial charge in [-0.25, -0.2) is 4.39 Å². The number of aliphatic imine (C=N–C) groups is 1. The van der Waals surface area contributed by atoms with Crippen molar-refractivity contribution in [3.63, 3.8) is 0 Å². The first-order chi connectivity index (χ1) is 11.7. The summed E-state index contributed by atoms with van der Waals surface area (Å²) in [6.45, 7) is 0.590. The summed E-state index contributed by atoms with van der Waals surface area (Å²) in [7, 11) is 3.22. The van der Waals surface area contributed by atoms with E-state index in [0.717, 1.165) is 30.1 Å². The summed E-state index contributed by atoms with van der Waals surface area (Å²) in [6.07, 6.45) is 3.55. The van der Waals surface area contributed by atoms with E-state index in [2.05, 4.69) is 15.6 Å². The minimum Gasteiger partial charge on any atom is -0.494 e. The van der Waals surface area contributed by atoms with Gasteiger partial charge in [0, 0.05) is 13.1 Å². The smallest absolute Gasteiger partial charge is 0.191 e. The molecule has 2 aromatic rings. The Labute approximate surface area is 164 Å². The maximum atomic E-state index is 13.8. The zero-order valence-corrected chi connectivity index (χ0v) is 16.6. The number of rotatable bonds is 5. The average Bonchev–Trinajstić information content (AvgIpc) is 3.06. The van der Waals surface area contributed by atoms with Crippen LogP contribution in [0.4, 0.5) is 4.39 Å². The number of methoxy groups -OCH3 is 1. The molecule has 3 rings (SSSR count). The summed E-state index contributed by atoms with van der Waals surface area (Å²) < 4.78 is 24.0. The molecule has 1 aromatic heterocycles. The van der Waals surface area contributed by atoms with Crippen molar-refractivity contribution in [1.82, 2.24) is 10.6 Å². The Balaban J connectivity index is 0.00000225. The van der Waals surface area contributed by atoms with E-state index >= 15 is 0 Å². The van der Waals surface area contributed by atoms with Crippen LogP contribution < -0.4 is 15.4 Å². The van der Waals surface area contributed by atoms with Crippen LogP contribution in [0.2, 0.25) is 0 Å². The van der Waals surface area contributed by atoms with Crippen molar-refractivity contribution in [3.05, 3.63) is 53.7 Å². The van der Waals surface area contributed by atoms with Crippen molar-refractivity contribution in [2.45, 2.75) is 31.3 Å². The van der Waals surface area contributed by atoms with Gasteiger partial charge in [-0.3, -0.25) is 4.99 Å². The van der Waals surface area contributed by atoms with Crippen LogP contribution in [-0.4, -0.2) is 26.2 Å². The van der Waals surface area contributed by atoms with Crippen LogP contribution in [0, 0.1) is 5.82 Å². The van der Waals surface area contributed by atoms with E-state index in [9.17, 15) is 4.39 Å². The molecule has 7 heteroatoms. The molecule has 1 aliphatic carbocycles. The molecule has 1 fully saturated rings. The van der Waals surface area contributed by atoms with E-state index < -0.39 is 0 Å². The van der Waals surface area contributed by atoms with E-state index in [-0.39, 0.29) is 35.5 Å². The molecule has 1 heterocycles. The molecule has 25 heavy (non-hydrogen) atoms. The maximum Gasteiger partial charge on any atom is 0.191 e. The summed E-state index contributed by atoms with van der Waals surface area (Å²) in [5.41, 5.74) is 1.02. The molecule has 0 atom stereocenters.